The number of benzene rings is 11. The molecule has 11 aromatic carbocycles. The van der Waals surface area contributed by atoms with Crippen molar-refractivity contribution in [3.63, 3.8) is 0 Å². The Labute approximate surface area is 789 Å². The molecule has 4 heterocycles. The van der Waals surface area contributed by atoms with Crippen LogP contribution in [-0.2, 0) is 19.1 Å². The molecule has 0 amide bonds. The molecule has 648 valence electrons. The summed E-state index contributed by atoms with van der Waals surface area (Å²) < 4.78 is 4.96. The summed E-state index contributed by atoms with van der Waals surface area (Å²) in [5.41, 5.74) is 26.5. The number of aliphatic hydroxyl groups excluding tert-OH is 1. The van der Waals surface area contributed by atoms with E-state index in [2.05, 4.69) is 305 Å². The van der Waals surface area contributed by atoms with Crippen LogP contribution in [0.2, 0.25) is 0 Å². The van der Waals surface area contributed by atoms with Crippen molar-refractivity contribution < 1.29 is 39.5 Å². The average Bonchev–Trinajstić information content (AvgIpc) is 1.66. The van der Waals surface area contributed by atoms with Crippen LogP contribution in [-0.4, -0.2) is 45.1 Å². The monoisotopic (exact) mass is 1810 g/mol. The van der Waals surface area contributed by atoms with Gasteiger partial charge in [-0.1, -0.05) is 255 Å². The molecule has 0 radical (unpaired) electrons. The number of thiophene rings is 4. The van der Waals surface area contributed by atoms with Crippen molar-refractivity contribution in [2.45, 2.75) is 34.6 Å². The van der Waals surface area contributed by atoms with Crippen LogP contribution in [0.3, 0.4) is 0 Å². The third-order valence-corrected chi connectivity index (χ3v) is 26.2. The van der Waals surface area contributed by atoms with Gasteiger partial charge in [-0.2, -0.15) is 21.0 Å². The Bertz CT molecular complexity index is 7070. The Hall–Kier alpha value is -16.7. The Kier molecular flexibility index (Phi) is 30.9. The molecule has 14 nitrogen and oxygen atoms in total. The van der Waals surface area contributed by atoms with E-state index in [-0.39, 0.29) is 22.5 Å². The third-order valence-electron chi connectivity index (χ3n) is 21.9. The van der Waals surface area contributed by atoms with Gasteiger partial charge in [0.15, 0.2) is 6.79 Å². The molecule has 4 N–H and O–H groups in total. The summed E-state index contributed by atoms with van der Waals surface area (Å²) in [7, 11) is 0. The fourth-order valence-electron chi connectivity index (χ4n) is 14.3. The Balaban J connectivity index is 0.000000217. The van der Waals surface area contributed by atoms with Gasteiger partial charge in [0.05, 0.1) is 0 Å². The summed E-state index contributed by atoms with van der Waals surface area (Å²) in [5, 5.41) is 73.1. The van der Waals surface area contributed by atoms with Crippen molar-refractivity contribution in [1.29, 1.82) is 21.0 Å². The van der Waals surface area contributed by atoms with Crippen molar-refractivity contribution >= 4 is 182 Å². The lowest BCUT2D eigenvalue weighted by atomic mass is 10.0. The lowest BCUT2D eigenvalue weighted by molar-refractivity contribution is -0.133. The zero-order chi connectivity index (χ0) is 93.3. The number of hydrogen-bond donors (Lipinski definition) is 4. The number of ether oxygens (including phenoxy) is 1. The number of nitriles is 4. The van der Waals surface area contributed by atoms with Gasteiger partial charge in [0.25, 0.3) is 0 Å². The van der Waals surface area contributed by atoms with Gasteiger partial charge < -0.3 is 35.0 Å². The van der Waals surface area contributed by atoms with E-state index < -0.39 is 24.7 Å². The quantitative estimate of drug-likeness (QED) is 0.00817. The van der Waals surface area contributed by atoms with Crippen molar-refractivity contribution in [1.82, 2.24) is 0 Å². The molecule has 133 heavy (non-hydrogen) atoms. The Morgan fingerprint density at radius 1 is 0.301 bits per heavy atom. The second-order valence-electron chi connectivity index (χ2n) is 30.8. The van der Waals surface area contributed by atoms with E-state index in [9.17, 15) is 24.8 Å². The number of allylic oxidation sites excluding steroid dienone is 3. The lowest BCUT2D eigenvalue weighted by Crippen LogP contribution is -2.11. The Morgan fingerprint density at radius 2 is 0.564 bits per heavy atom. The van der Waals surface area contributed by atoms with Gasteiger partial charge in [-0.15, -0.1) is 45.3 Å². The van der Waals surface area contributed by atoms with E-state index >= 15 is 0 Å². The topological polar surface area (TPSA) is 243 Å². The third kappa shape index (κ3) is 24.6. The highest BCUT2D eigenvalue weighted by Gasteiger charge is 2.19. The first-order valence-corrected chi connectivity index (χ1v) is 45.4. The highest BCUT2D eigenvalue weighted by molar-refractivity contribution is 7.17. The van der Waals surface area contributed by atoms with E-state index in [0.717, 1.165) is 131 Å². The molecule has 0 saturated carbocycles. The molecule has 0 unspecified atom stereocenters. The number of hydrogen-bond acceptors (Lipinski definition) is 15. The summed E-state index contributed by atoms with van der Waals surface area (Å²) in [4.78, 5) is 45.3. The van der Waals surface area contributed by atoms with Crippen LogP contribution in [0.5, 0.6) is 0 Å². The number of aliphatic hydroxyl groups is 1. The predicted molar refractivity (Wildman–Crippen MR) is 551 cm³/mol. The molecule has 0 aliphatic carbocycles. The molecular formula is C115H86N6O8S4. The van der Waals surface area contributed by atoms with Gasteiger partial charge in [-0.3, -0.25) is 0 Å². The van der Waals surface area contributed by atoms with Gasteiger partial charge in [-0.05, 0) is 274 Å². The molecule has 4 aromatic heterocycles. The van der Waals surface area contributed by atoms with Crippen LogP contribution in [0.4, 0.5) is 34.1 Å². The van der Waals surface area contributed by atoms with Gasteiger partial charge >= 0.3 is 17.9 Å². The molecule has 0 aliphatic heterocycles. The maximum absolute atomic E-state index is 11.3. The van der Waals surface area contributed by atoms with Crippen molar-refractivity contribution in [3.05, 3.63) is 435 Å². The number of carboxylic acid groups (broad SMARTS) is 3. The second-order valence-corrected chi connectivity index (χ2v) is 35.3. The van der Waals surface area contributed by atoms with E-state index in [0.29, 0.717) is 14.6 Å². The van der Waals surface area contributed by atoms with Gasteiger partial charge in [0, 0.05) is 79.2 Å². The van der Waals surface area contributed by atoms with Crippen molar-refractivity contribution in [2.75, 3.05) is 16.6 Å². The molecule has 0 saturated heterocycles. The summed E-state index contributed by atoms with van der Waals surface area (Å²) in [6.45, 7) is 10.2. The largest absolute Gasteiger partial charge is 0.477 e. The zero-order valence-corrected chi connectivity index (χ0v) is 76.2. The highest BCUT2D eigenvalue weighted by Crippen LogP contribution is 2.41. The number of carbonyl (C=O) groups is 3. The maximum Gasteiger partial charge on any atom is 0.346 e. The van der Waals surface area contributed by atoms with Gasteiger partial charge in [0.2, 0.25) is 5.76 Å². The number of rotatable bonds is 30. The van der Waals surface area contributed by atoms with E-state index in [4.69, 9.17) is 35.8 Å². The van der Waals surface area contributed by atoms with Crippen LogP contribution in [0, 0.1) is 79.9 Å². The summed E-state index contributed by atoms with van der Waals surface area (Å²) in [6.07, 6.45) is 31.0. The Morgan fingerprint density at radius 3 is 0.835 bits per heavy atom. The fourth-order valence-corrected chi connectivity index (χ4v) is 18.1. The lowest BCUT2D eigenvalue weighted by Gasteiger charge is -2.28. The molecule has 15 rings (SSSR count). The standard InChI is InChI=1S/C63H49N3O4S2.C52H37N3O4S2/c1-43-36-51(37-44(2)45(43)3)7-5-4-6-46-16-26-55(27-17-46)66(56-28-18-49(19-29-56)10-8-47-12-22-52(23-13-47)61-34-32-59(71-61)38-54(40-64)63(68)69)57-30-20-50(21-31-57)11-9-48-14-24-53(25-15-48)62-35-33-60(72-62)39-58(41-65)70-42-67;1-34-4-3-5-48(35(34)2)55(44-22-14-38(15-23-44)8-6-36-10-18-40(19-11-36)49-28-26-46(60-49)30-42(32-53)51(56)57)45-24-16-39(17-25-45)9-7-37-12-20-41(21-13-37)50-29-27-47(61-50)31-43(33-54)52(58)59/h4-39,67H,42H2,1-3H3,(H,68,69);3-31H,1-2H3,(H,56,57)(H,58,59)/b6-4+,7-5+,10-8+,11-9+,54-38+,58-39-;8-6+,9-7+,42-30-,43-31+. The van der Waals surface area contributed by atoms with E-state index in [1.54, 1.807) is 35.6 Å². The maximum atomic E-state index is 11.3. The molecule has 0 atom stereocenters. The van der Waals surface area contributed by atoms with Crippen LogP contribution in [0.1, 0.15) is 103 Å². The van der Waals surface area contributed by atoms with Crippen LogP contribution < -0.4 is 9.80 Å². The average molecular weight is 1810 g/mol. The molecule has 0 aliphatic rings. The normalized spacial score (nSPS) is 11.9. The van der Waals surface area contributed by atoms with Crippen LogP contribution in [0.15, 0.2) is 332 Å². The number of aryl methyl sites for hydroxylation is 3. The van der Waals surface area contributed by atoms with E-state index in [1.807, 2.05) is 115 Å². The summed E-state index contributed by atoms with van der Waals surface area (Å²) in [5.74, 6) is -3.64. The first-order valence-electron chi connectivity index (χ1n) is 42.2. The van der Waals surface area contributed by atoms with E-state index in [1.165, 1.54) is 85.6 Å². The molecule has 18 heteroatoms. The number of carboxylic acids is 3. The minimum absolute atomic E-state index is 0.0681. The molecular weight excluding hydrogens is 1720 g/mol. The summed E-state index contributed by atoms with van der Waals surface area (Å²) >= 11 is 5.85. The van der Waals surface area contributed by atoms with Gasteiger partial charge in [0.1, 0.15) is 41.0 Å². The molecule has 0 spiro atoms. The SMILES string of the molecule is Cc1cc(/C=C/C=C/c2ccc(N(c3ccc(/C=C/c4ccc(-c5ccc(/C=C(/C#N)OCO)s5)cc4)cc3)c3ccc(/C=C/c4ccc(-c5ccc(/C=C(\C#N)C(=O)O)s5)cc4)cc3)cc2)cc(C)c1C.Cc1cccc(N(c2ccc(/C=C/c3ccc(-c4ccc(/C=C(/C#N)C(=O)O)s4)cc3)cc2)c2ccc(/C=C/c3ccc(-c4ccc(/C=C(\C#N)C(=O)O)s4)cc3)cc2)c1C. The first-order chi connectivity index (χ1) is 64.6. The number of aliphatic carboxylic acids is 3. The highest BCUT2D eigenvalue weighted by atomic mass is 32.1. The zero-order valence-electron chi connectivity index (χ0n) is 73.0. The molecule has 0 bridgehead atoms. The van der Waals surface area contributed by atoms with Crippen molar-refractivity contribution in [2.24, 2.45) is 0 Å². The first kappa shape index (κ1) is 92.5. The second kappa shape index (κ2) is 44.4. The smallest absolute Gasteiger partial charge is 0.346 e. The van der Waals surface area contributed by atoms with Crippen molar-refractivity contribution in [3.8, 4) is 66.0 Å². The minimum atomic E-state index is -1.24. The molecule has 0 fully saturated rings. The molecule has 15 aromatic rings. The number of anilines is 6. The van der Waals surface area contributed by atoms with Crippen LogP contribution in [0.25, 0.3) is 127 Å². The minimum Gasteiger partial charge on any atom is -0.477 e. The number of nitrogens with zero attached hydrogens (tertiary/aromatic N) is 6. The van der Waals surface area contributed by atoms with Gasteiger partial charge in [-0.25, -0.2) is 14.4 Å². The van der Waals surface area contributed by atoms with Crippen LogP contribution >= 0.6 is 45.3 Å². The fraction of sp³-hybridized carbons (Fsp3) is 0.0522. The summed E-state index contributed by atoms with van der Waals surface area (Å²) in [6, 6.07) is 109. The predicted octanol–water partition coefficient (Wildman–Crippen LogP) is 30.0.